The number of nitrogens with zero attached hydrogens (tertiary/aromatic N) is 1. The molecule has 0 aromatic heterocycles. The minimum Gasteiger partial charge on any atom is -0.343 e. The van der Waals surface area contributed by atoms with Gasteiger partial charge >= 0.3 is 0 Å². The number of amides is 1. The zero-order valence-electron chi connectivity index (χ0n) is 6.30. The standard InChI is InChI=1S/C7H12FNO/c1-5-3-7(10)9(2)4-6(5)8/h5-6H,3-4H2,1-2H3. The van der Waals surface area contributed by atoms with Crippen LogP contribution in [0.3, 0.4) is 0 Å². The molecule has 1 saturated heterocycles. The topological polar surface area (TPSA) is 20.3 Å². The minimum atomic E-state index is -0.831. The third kappa shape index (κ3) is 1.28. The van der Waals surface area contributed by atoms with Crippen LogP contribution in [0.15, 0.2) is 0 Å². The Morgan fingerprint density at radius 2 is 2.30 bits per heavy atom. The van der Waals surface area contributed by atoms with E-state index in [1.54, 1.807) is 14.0 Å². The van der Waals surface area contributed by atoms with Crippen LogP contribution in [0.1, 0.15) is 13.3 Å². The predicted molar refractivity (Wildman–Crippen MR) is 36.3 cm³/mol. The highest BCUT2D eigenvalue weighted by molar-refractivity contribution is 5.77. The molecule has 0 aliphatic carbocycles. The molecule has 1 aliphatic rings. The second-order valence-electron chi connectivity index (χ2n) is 2.97. The Balaban J connectivity index is 2.54. The first-order chi connectivity index (χ1) is 4.61. The van der Waals surface area contributed by atoms with Gasteiger partial charge in [0.05, 0.1) is 6.54 Å². The number of carbonyl (C=O) groups is 1. The monoisotopic (exact) mass is 145 g/mol. The van der Waals surface area contributed by atoms with Crippen LogP contribution in [-0.2, 0) is 4.79 Å². The van der Waals surface area contributed by atoms with Crippen LogP contribution in [-0.4, -0.2) is 30.6 Å². The molecule has 0 saturated carbocycles. The molecule has 58 valence electrons. The van der Waals surface area contributed by atoms with Crippen molar-refractivity contribution in [2.45, 2.75) is 19.5 Å². The molecule has 0 aromatic rings. The maximum atomic E-state index is 12.8. The van der Waals surface area contributed by atoms with E-state index in [1.807, 2.05) is 0 Å². The third-order valence-corrected chi connectivity index (χ3v) is 1.99. The first-order valence-corrected chi connectivity index (χ1v) is 3.49. The Kier molecular flexibility index (Phi) is 1.92. The summed E-state index contributed by atoms with van der Waals surface area (Å²) < 4.78 is 12.8. The zero-order valence-corrected chi connectivity index (χ0v) is 6.30. The SMILES string of the molecule is CC1CC(=O)N(C)CC1F. The number of alkyl halides is 1. The molecule has 10 heavy (non-hydrogen) atoms. The van der Waals surface area contributed by atoms with Gasteiger partial charge in [-0.2, -0.15) is 0 Å². The molecule has 0 aromatic carbocycles. The molecule has 1 fully saturated rings. The lowest BCUT2D eigenvalue weighted by Crippen LogP contribution is -2.42. The summed E-state index contributed by atoms with van der Waals surface area (Å²) in [5, 5.41) is 0. The van der Waals surface area contributed by atoms with Crippen LogP contribution in [0.5, 0.6) is 0 Å². The first kappa shape index (κ1) is 7.51. The number of piperidine rings is 1. The number of rotatable bonds is 0. The fourth-order valence-electron chi connectivity index (χ4n) is 1.10. The van der Waals surface area contributed by atoms with Gasteiger partial charge in [0.2, 0.25) is 5.91 Å². The summed E-state index contributed by atoms with van der Waals surface area (Å²) in [6, 6.07) is 0. The highest BCUT2D eigenvalue weighted by Gasteiger charge is 2.28. The van der Waals surface area contributed by atoms with E-state index in [9.17, 15) is 9.18 Å². The predicted octanol–water partition coefficient (Wildman–Crippen LogP) is 0.823. The van der Waals surface area contributed by atoms with Crippen molar-refractivity contribution in [1.29, 1.82) is 0 Å². The number of hydrogen-bond donors (Lipinski definition) is 0. The molecule has 0 bridgehead atoms. The Labute approximate surface area is 60.0 Å². The van der Waals surface area contributed by atoms with E-state index >= 15 is 0 Å². The van der Waals surface area contributed by atoms with Gasteiger partial charge in [-0.25, -0.2) is 4.39 Å². The van der Waals surface area contributed by atoms with Crippen LogP contribution in [0.2, 0.25) is 0 Å². The van der Waals surface area contributed by atoms with E-state index in [-0.39, 0.29) is 18.4 Å². The molecule has 0 N–H and O–H groups in total. The Morgan fingerprint density at radius 3 is 2.80 bits per heavy atom. The number of halogens is 1. The van der Waals surface area contributed by atoms with E-state index in [0.29, 0.717) is 6.42 Å². The quantitative estimate of drug-likeness (QED) is 0.494. The van der Waals surface area contributed by atoms with Crippen molar-refractivity contribution in [2.75, 3.05) is 13.6 Å². The molecule has 2 nitrogen and oxygen atoms in total. The summed E-state index contributed by atoms with van der Waals surface area (Å²) in [5.74, 6) is -0.0369. The van der Waals surface area contributed by atoms with E-state index in [1.165, 1.54) is 4.90 Å². The molecular weight excluding hydrogens is 133 g/mol. The van der Waals surface area contributed by atoms with Crippen molar-refractivity contribution in [2.24, 2.45) is 5.92 Å². The van der Waals surface area contributed by atoms with Gasteiger partial charge in [-0.3, -0.25) is 4.79 Å². The average molecular weight is 145 g/mol. The van der Waals surface area contributed by atoms with Gasteiger partial charge in [-0.15, -0.1) is 0 Å². The van der Waals surface area contributed by atoms with Crippen molar-refractivity contribution in [1.82, 2.24) is 4.90 Å². The van der Waals surface area contributed by atoms with Crippen LogP contribution in [0.25, 0.3) is 0 Å². The summed E-state index contributed by atoms with van der Waals surface area (Å²) in [4.78, 5) is 12.4. The minimum absolute atomic E-state index is 0.0569. The van der Waals surface area contributed by atoms with E-state index < -0.39 is 6.17 Å². The number of likely N-dealkylation sites (tertiary alicyclic amines) is 1. The van der Waals surface area contributed by atoms with Gasteiger partial charge in [-0.05, 0) is 5.92 Å². The average Bonchev–Trinajstić information content (AvgIpc) is 1.84. The van der Waals surface area contributed by atoms with Crippen LogP contribution < -0.4 is 0 Å². The molecule has 1 amide bonds. The highest BCUT2D eigenvalue weighted by Crippen LogP contribution is 2.19. The molecule has 2 atom stereocenters. The molecule has 1 rings (SSSR count). The van der Waals surface area contributed by atoms with Crippen molar-refractivity contribution in [3.8, 4) is 0 Å². The van der Waals surface area contributed by atoms with Gasteiger partial charge in [0.15, 0.2) is 0 Å². The molecule has 0 spiro atoms. The molecule has 2 unspecified atom stereocenters. The smallest absolute Gasteiger partial charge is 0.222 e. The maximum Gasteiger partial charge on any atom is 0.222 e. The van der Waals surface area contributed by atoms with Gasteiger partial charge in [0.25, 0.3) is 0 Å². The Hall–Kier alpha value is -0.600. The van der Waals surface area contributed by atoms with Gasteiger partial charge in [0.1, 0.15) is 6.17 Å². The van der Waals surface area contributed by atoms with Crippen molar-refractivity contribution in [3.63, 3.8) is 0 Å². The van der Waals surface area contributed by atoms with E-state index in [2.05, 4.69) is 0 Å². The van der Waals surface area contributed by atoms with Gasteiger partial charge in [0, 0.05) is 13.5 Å². The van der Waals surface area contributed by atoms with E-state index in [0.717, 1.165) is 0 Å². The highest BCUT2D eigenvalue weighted by atomic mass is 19.1. The van der Waals surface area contributed by atoms with Gasteiger partial charge < -0.3 is 4.90 Å². The number of carbonyl (C=O) groups excluding carboxylic acids is 1. The fraction of sp³-hybridized carbons (Fsp3) is 0.857. The Morgan fingerprint density at radius 1 is 1.70 bits per heavy atom. The lowest BCUT2D eigenvalue weighted by molar-refractivity contribution is -0.135. The summed E-state index contributed by atoms with van der Waals surface area (Å²) in [6.07, 6.45) is -0.472. The Bertz CT molecular complexity index is 149. The normalized spacial score (nSPS) is 34.7. The molecule has 0 radical (unpaired) electrons. The zero-order chi connectivity index (χ0) is 7.72. The van der Waals surface area contributed by atoms with Gasteiger partial charge in [-0.1, -0.05) is 6.92 Å². The largest absolute Gasteiger partial charge is 0.343 e. The fourth-order valence-corrected chi connectivity index (χ4v) is 1.10. The summed E-state index contributed by atoms with van der Waals surface area (Å²) in [5.41, 5.74) is 0. The summed E-state index contributed by atoms with van der Waals surface area (Å²) in [7, 11) is 1.64. The molecule has 3 heteroatoms. The van der Waals surface area contributed by atoms with Crippen LogP contribution in [0.4, 0.5) is 4.39 Å². The maximum absolute atomic E-state index is 12.8. The summed E-state index contributed by atoms with van der Waals surface area (Å²) in [6.45, 7) is 2.04. The molecule has 1 heterocycles. The molecule has 1 aliphatic heterocycles. The van der Waals surface area contributed by atoms with Crippen LogP contribution in [0, 0.1) is 5.92 Å². The van der Waals surface area contributed by atoms with Crippen LogP contribution >= 0.6 is 0 Å². The van der Waals surface area contributed by atoms with Crippen molar-refractivity contribution in [3.05, 3.63) is 0 Å². The summed E-state index contributed by atoms with van der Waals surface area (Å²) >= 11 is 0. The van der Waals surface area contributed by atoms with Crippen molar-refractivity contribution >= 4 is 5.91 Å². The molecular formula is C7H12FNO. The first-order valence-electron chi connectivity index (χ1n) is 3.49. The lowest BCUT2D eigenvalue weighted by atomic mass is 9.97. The second-order valence-corrected chi connectivity index (χ2v) is 2.97. The second kappa shape index (κ2) is 2.56. The van der Waals surface area contributed by atoms with E-state index in [4.69, 9.17) is 0 Å². The third-order valence-electron chi connectivity index (χ3n) is 1.99. The lowest BCUT2D eigenvalue weighted by Gasteiger charge is -2.29. The van der Waals surface area contributed by atoms with Crippen molar-refractivity contribution < 1.29 is 9.18 Å². The number of hydrogen-bond acceptors (Lipinski definition) is 1.